The highest BCUT2D eigenvalue weighted by Gasteiger charge is 2.50. The number of ether oxygens (including phenoxy) is 1. The minimum absolute atomic E-state index is 0.0570. The van der Waals surface area contributed by atoms with Crippen LogP contribution in [0, 0.1) is 34.5 Å². The van der Waals surface area contributed by atoms with Crippen molar-refractivity contribution in [2.75, 3.05) is 6.61 Å². The van der Waals surface area contributed by atoms with E-state index in [-0.39, 0.29) is 17.3 Å². The van der Waals surface area contributed by atoms with Crippen LogP contribution < -0.4 is 0 Å². The Balaban J connectivity index is 2.26. The van der Waals surface area contributed by atoms with E-state index in [2.05, 4.69) is 41.5 Å². The molecule has 0 N–H and O–H groups in total. The van der Waals surface area contributed by atoms with Crippen LogP contribution in [0.5, 0.6) is 0 Å². The number of fused-ring (bicyclic) bond motifs is 1. The lowest BCUT2D eigenvalue weighted by Crippen LogP contribution is -2.44. The molecular formula is C16H28O2. The van der Waals surface area contributed by atoms with Crippen LogP contribution in [0.3, 0.4) is 0 Å². The average molecular weight is 252 g/mol. The third-order valence-electron chi connectivity index (χ3n) is 5.09. The number of carbonyl (C=O) groups excluding carboxylic acids is 1. The Morgan fingerprint density at radius 3 is 1.94 bits per heavy atom. The van der Waals surface area contributed by atoms with Crippen molar-refractivity contribution >= 4 is 5.97 Å². The van der Waals surface area contributed by atoms with Gasteiger partial charge in [0.1, 0.15) is 0 Å². The second kappa shape index (κ2) is 4.25. The summed E-state index contributed by atoms with van der Waals surface area (Å²) >= 11 is 0. The molecule has 0 aromatic carbocycles. The molecule has 1 saturated heterocycles. The van der Waals surface area contributed by atoms with Gasteiger partial charge in [-0.1, -0.05) is 41.5 Å². The molecule has 0 aromatic rings. The Morgan fingerprint density at radius 1 is 0.944 bits per heavy atom. The molecule has 0 aromatic heterocycles. The summed E-state index contributed by atoms with van der Waals surface area (Å²) in [6.45, 7) is 14.6. The molecule has 0 bridgehead atoms. The smallest absolute Gasteiger partial charge is 0.309 e. The molecule has 0 spiro atoms. The zero-order valence-corrected chi connectivity index (χ0v) is 12.7. The SMILES string of the molecule is CC(C)(C)C1CC2COC(=O)C2CC1C(C)(C)C. The van der Waals surface area contributed by atoms with Crippen molar-refractivity contribution in [1.82, 2.24) is 0 Å². The van der Waals surface area contributed by atoms with Gasteiger partial charge in [-0.3, -0.25) is 4.79 Å². The Bertz CT molecular complexity index is 332. The fraction of sp³-hybridized carbons (Fsp3) is 0.938. The van der Waals surface area contributed by atoms with Crippen LogP contribution in [0.15, 0.2) is 0 Å². The summed E-state index contributed by atoms with van der Waals surface area (Å²) < 4.78 is 5.28. The van der Waals surface area contributed by atoms with Crippen LogP contribution in [-0.4, -0.2) is 12.6 Å². The Kier molecular flexibility index (Phi) is 3.28. The van der Waals surface area contributed by atoms with Gasteiger partial charge in [0, 0.05) is 5.92 Å². The van der Waals surface area contributed by atoms with Gasteiger partial charge in [0.15, 0.2) is 0 Å². The molecule has 104 valence electrons. The summed E-state index contributed by atoms with van der Waals surface area (Å²) in [6, 6.07) is 0. The summed E-state index contributed by atoms with van der Waals surface area (Å²) in [5.74, 6) is 2.01. The number of hydrogen-bond donors (Lipinski definition) is 0. The highest BCUT2D eigenvalue weighted by molar-refractivity contribution is 5.74. The molecule has 1 heterocycles. The van der Waals surface area contributed by atoms with Crippen LogP contribution in [-0.2, 0) is 9.53 Å². The minimum Gasteiger partial charge on any atom is -0.465 e. The Hall–Kier alpha value is -0.530. The maximum atomic E-state index is 11.8. The predicted octanol–water partition coefficient (Wildman–Crippen LogP) is 3.89. The van der Waals surface area contributed by atoms with Gasteiger partial charge < -0.3 is 4.74 Å². The van der Waals surface area contributed by atoms with Gasteiger partial charge in [0.2, 0.25) is 0 Å². The lowest BCUT2D eigenvalue weighted by atomic mass is 9.55. The van der Waals surface area contributed by atoms with Crippen molar-refractivity contribution in [1.29, 1.82) is 0 Å². The lowest BCUT2D eigenvalue weighted by Gasteiger charge is -2.49. The molecular weight excluding hydrogens is 224 g/mol. The van der Waals surface area contributed by atoms with Crippen molar-refractivity contribution in [3.8, 4) is 0 Å². The van der Waals surface area contributed by atoms with Gasteiger partial charge in [0.05, 0.1) is 12.5 Å². The third kappa shape index (κ3) is 2.44. The van der Waals surface area contributed by atoms with Crippen molar-refractivity contribution in [2.45, 2.75) is 54.4 Å². The third-order valence-corrected chi connectivity index (χ3v) is 5.09. The van der Waals surface area contributed by atoms with E-state index < -0.39 is 0 Å². The summed E-state index contributed by atoms with van der Waals surface area (Å²) in [5, 5.41) is 0. The standard InChI is InChI=1S/C16H28O2/c1-15(2,3)12-7-10-9-18-14(17)11(10)8-13(12)16(4,5)6/h10-13H,7-9H2,1-6H3. The molecule has 1 aliphatic carbocycles. The monoisotopic (exact) mass is 252 g/mol. The van der Waals surface area contributed by atoms with Gasteiger partial charge in [-0.05, 0) is 35.5 Å². The molecule has 4 unspecified atom stereocenters. The average Bonchev–Trinajstić information content (AvgIpc) is 2.56. The molecule has 2 heteroatoms. The van der Waals surface area contributed by atoms with E-state index in [1.807, 2.05) is 0 Å². The quantitative estimate of drug-likeness (QED) is 0.611. The van der Waals surface area contributed by atoms with E-state index in [1.165, 1.54) is 0 Å². The summed E-state index contributed by atoms with van der Waals surface area (Å²) in [7, 11) is 0. The van der Waals surface area contributed by atoms with Crippen LogP contribution >= 0.6 is 0 Å². The molecule has 0 amide bonds. The Labute approximate surface area is 111 Å². The molecule has 0 radical (unpaired) electrons. The summed E-state index contributed by atoms with van der Waals surface area (Å²) in [5.41, 5.74) is 0.584. The predicted molar refractivity (Wildman–Crippen MR) is 73.1 cm³/mol. The highest BCUT2D eigenvalue weighted by Crippen LogP contribution is 2.53. The van der Waals surface area contributed by atoms with Crippen LogP contribution in [0.4, 0.5) is 0 Å². The first-order chi connectivity index (χ1) is 8.10. The van der Waals surface area contributed by atoms with Crippen molar-refractivity contribution in [3.05, 3.63) is 0 Å². The number of esters is 1. The second-order valence-corrected chi connectivity index (χ2v) is 8.41. The number of carbonyl (C=O) groups is 1. The first kappa shape index (κ1) is 13.9. The van der Waals surface area contributed by atoms with Gasteiger partial charge in [-0.2, -0.15) is 0 Å². The molecule has 1 aliphatic heterocycles. The summed E-state index contributed by atoms with van der Waals surface area (Å²) in [6.07, 6.45) is 2.18. The van der Waals surface area contributed by atoms with E-state index in [4.69, 9.17) is 4.74 Å². The maximum absolute atomic E-state index is 11.8. The van der Waals surface area contributed by atoms with Gasteiger partial charge in [-0.25, -0.2) is 0 Å². The van der Waals surface area contributed by atoms with Crippen molar-refractivity contribution in [3.63, 3.8) is 0 Å². The van der Waals surface area contributed by atoms with E-state index in [0.29, 0.717) is 29.8 Å². The fourth-order valence-corrected chi connectivity index (χ4v) is 3.97. The molecule has 2 aliphatic rings. The minimum atomic E-state index is 0.0570. The van der Waals surface area contributed by atoms with Crippen LogP contribution in [0.25, 0.3) is 0 Å². The highest BCUT2D eigenvalue weighted by atomic mass is 16.5. The Morgan fingerprint density at radius 2 is 1.44 bits per heavy atom. The maximum Gasteiger partial charge on any atom is 0.309 e. The summed E-state index contributed by atoms with van der Waals surface area (Å²) in [4.78, 5) is 11.8. The van der Waals surface area contributed by atoms with Gasteiger partial charge >= 0.3 is 5.97 Å². The van der Waals surface area contributed by atoms with E-state index in [1.54, 1.807) is 0 Å². The van der Waals surface area contributed by atoms with Crippen LogP contribution in [0.1, 0.15) is 54.4 Å². The fourth-order valence-electron chi connectivity index (χ4n) is 3.97. The second-order valence-electron chi connectivity index (χ2n) is 8.41. The zero-order valence-electron chi connectivity index (χ0n) is 12.7. The van der Waals surface area contributed by atoms with Crippen molar-refractivity contribution < 1.29 is 9.53 Å². The van der Waals surface area contributed by atoms with Gasteiger partial charge in [0.25, 0.3) is 0 Å². The molecule has 2 nitrogen and oxygen atoms in total. The number of cyclic esters (lactones) is 1. The first-order valence-corrected chi connectivity index (χ1v) is 7.27. The largest absolute Gasteiger partial charge is 0.465 e. The molecule has 2 rings (SSSR count). The number of rotatable bonds is 0. The molecule has 18 heavy (non-hydrogen) atoms. The number of hydrogen-bond acceptors (Lipinski definition) is 2. The topological polar surface area (TPSA) is 26.3 Å². The normalized spacial score (nSPS) is 37.3. The molecule has 2 fully saturated rings. The van der Waals surface area contributed by atoms with Gasteiger partial charge in [-0.15, -0.1) is 0 Å². The van der Waals surface area contributed by atoms with Crippen LogP contribution in [0.2, 0.25) is 0 Å². The van der Waals surface area contributed by atoms with Crippen molar-refractivity contribution in [2.24, 2.45) is 34.5 Å². The first-order valence-electron chi connectivity index (χ1n) is 7.27. The molecule has 1 saturated carbocycles. The lowest BCUT2D eigenvalue weighted by molar-refractivity contribution is -0.143. The van der Waals surface area contributed by atoms with E-state index in [0.717, 1.165) is 12.8 Å². The zero-order chi connectivity index (χ0) is 13.7. The van der Waals surface area contributed by atoms with E-state index in [9.17, 15) is 4.79 Å². The molecule has 4 atom stereocenters. The van der Waals surface area contributed by atoms with E-state index >= 15 is 0 Å².